The highest BCUT2D eigenvalue weighted by Crippen LogP contribution is 2.24. The van der Waals surface area contributed by atoms with Crippen molar-refractivity contribution in [1.82, 2.24) is 9.88 Å². The molecular formula is C18H19N3O3. The first-order valence-electron chi connectivity index (χ1n) is 7.85. The predicted octanol–water partition coefficient (Wildman–Crippen LogP) is 2.77. The summed E-state index contributed by atoms with van der Waals surface area (Å²) in [4.78, 5) is 30.1. The van der Waals surface area contributed by atoms with Crippen molar-refractivity contribution in [3.63, 3.8) is 0 Å². The third-order valence-electron chi connectivity index (χ3n) is 4.01. The molecule has 6 nitrogen and oxygen atoms in total. The number of nitrogens with one attached hydrogen (secondary N) is 1. The molecule has 1 N–H and O–H groups in total. The van der Waals surface area contributed by atoms with E-state index in [1.807, 2.05) is 19.1 Å². The maximum Gasteiger partial charge on any atom is 0.247 e. The van der Waals surface area contributed by atoms with Crippen LogP contribution in [0.3, 0.4) is 0 Å². The molecule has 0 aliphatic carbocycles. The van der Waals surface area contributed by atoms with Crippen molar-refractivity contribution in [2.24, 2.45) is 0 Å². The van der Waals surface area contributed by atoms with E-state index < -0.39 is 6.04 Å². The van der Waals surface area contributed by atoms with Gasteiger partial charge in [-0.25, -0.2) is 4.98 Å². The Hall–Kier alpha value is -2.89. The SMILES string of the molecule is C=CC(=O)N1CCCC1C(=O)Nc1cccc(-c2ncc(C)o2)c1. The highest BCUT2D eigenvalue weighted by atomic mass is 16.4. The summed E-state index contributed by atoms with van der Waals surface area (Å²) >= 11 is 0. The van der Waals surface area contributed by atoms with Crippen LogP contribution in [0.4, 0.5) is 5.69 Å². The maximum absolute atomic E-state index is 12.5. The van der Waals surface area contributed by atoms with E-state index in [0.29, 0.717) is 24.5 Å². The fourth-order valence-corrected chi connectivity index (χ4v) is 2.86. The lowest BCUT2D eigenvalue weighted by molar-refractivity contribution is -0.132. The maximum atomic E-state index is 12.5. The van der Waals surface area contributed by atoms with Gasteiger partial charge in [-0.15, -0.1) is 0 Å². The molecule has 0 saturated carbocycles. The van der Waals surface area contributed by atoms with Crippen molar-refractivity contribution < 1.29 is 14.0 Å². The largest absolute Gasteiger partial charge is 0.441 e. The molecule has 2 heterocycles. The Balaban J connectivity index is 1.75. The van der Waals surface area contributed by atoms with Crippen molar-refractivity contribution >= 4 is 17.5 Å². The summed E-state index contributed by atoms with van der Waals surface area (Å²) in [6, 6.07) is 6.84. The first kappa shape index (κ1) is 16.0. The number of anilines is 1. The Kier molecular flexibility index (Phi) is 4.46. The van der Waals surface area contributed by atoms with Crippen LogP contribution in [0.2, 0.25) is 0 Å². The number of nitrogens with zero attached hydrogens (tertiary/aromatic N) is 2. The number of amides is 2. The van der Waals surface area contributed by atoms with Gasteiger partial charge in [0, 0.05) is 17.8 Å². The molecule has 0 bridgehead atoms. The van der Waals surface area contributed by atoms with E-state index >= 15 is 0 Å². The Morgan fingerprint density at radius 1 is 1.46 bits per heavy atom. The van der Waals surface area contributed by atoms with Crippen LogP contribution in [0.5, 0.6) is 0 Å². The summed E-state index contributed by atoms with van der Waals surface area (Å²) in [6.45, 7) is 5.90. The van der Waals surface area contributed by atoms with Crippen LogP contribution < -0.4 is 5.32 Å². The molecule has 2 amide bonds. The zero-order chi connectivity index (χ0) is 17.1. The minimum atomic E-state index is -0.455. The van der Waals surface area contributed by atoms with Gasteiger partial charge in [0.15, 0.2) is 0 Å². The van der Waals surface area contributed by atoms with Gasteiger partial charge in [0.25, 0.3) is 0 Å². The average Bonchev–Trinajstić information content (AvgIpc) is 3.23. The number of aromatic nitrogens is 1. The number of oxazole rings is 1. The number of hydrogen-bond acceptors (Lipinski definition) is 4. The monoisotopic (exact) mass is 325 g/mol. The summed E-state index contributed by atoms with van der Waals surface area (Å²) in [5.41, 5.74) is 1.43. The summed E-state index contributed by atoms with van der Waals surface area (Å²) in [5, 5.41) is 2.87. The fraction of sp³-hybridized carbons (Fsp3) is 0.278. The third kappa shape index (κ3) is 3.22. The summed E-state index contributed by atoms with van der Waals surface area (Å²) in [5.74, 6) is 0.831. The zero-order valence-corrected chi connectivity index (χ0v) is 13.5. The Morgan fingerprint density at radius 3 is 3.00 bits per heavy atom. The van der Waals surface area contributed by atoms with Crippen LogP contribution in [0.1, 0.15) is 18.6 Å². The molecule has 2 aromatic rings. The first-order valence-corrected chi connectivity index (χ1v) is 7.85. The molecule has 1 aliphatic rings. The average molecular weight is 325 g/mol. The molecule has 6 heteroatoms. The molecule has 24 heavy (non-hydrogen) atoms. The van der Waals surface area contributed by atoms with Gasteiger partial charge < -0.3 is 14.6 Å². The van der Waals surface area contributed by atoms with E-state index in [4.69, 9.17) is 4.42 Å². The number of aryl methyl sites for hydroxylation is 1. The highest BCUT2D eigenvalue weighted by molar-refractivity contribution is 5.99. The Morgan fingerprint density at radius 2 is 2.29 bits per heavy atom. The van der Waals surface area contributed by atoms with Gasteiger partial charge in [-0.2, -0.15) is 0 Å². The standard InChI is InChI=1S/C18H19N3O3/c1-3-16(22)21-9-5-8-15(21)17(23)20-14-7-4-6-13(10-14)18-19-11-12(2)24-18/h3-4,6-7,10-11,15H,1,5,8-9H2,2H3,(H,20,23). The number of likely N-dealkylation sites (tertiary alicyclic amines) is 1. The molecule has 0 radical (unpaired) electrons. The van der Waals surface area contributed by atoms with Gasteiger partial charge in [0.05, 0.1) is 6.20 Å². The van der Waals surface area contributed by atoms with Crippen LogP contribution >= 0.6 is 0 Å². The molecule has 1 atom stereocenters. The Bertz CT molecular complexity index is 781. The van der Waals surface area contributed by atoms with E-state index in [0.717, 1.165) is 17.7 Å². The molecule has 1 fully saturated rings. The van der Waals surface area contributed by atoms with Gasteiger partial charge in [-0.3, -0.25) is 9.59 Å². The van der Waals surface area contributed by atoms with E-state index in [2.05, 4.69) is 16.9 Å². The van der Waals surface area contributed by atoms with Crippen LogP contribution in [-0.2, 0) is 9.59 Å². The lowest BCUT2D eigenvalue weighted by Crippen LogP contribution is -2.42. The van der Waals surface area contributed by atoms with Crippen LogP contribution in [0, 0.1) is 6.92 Å². The molecule has 1 aliphatic heterocycles. The molecule has 1 unspecified atom stereocenters. The summed E-state index contributed by atoms with van der Waals surface area (Å²) in [7, 11) is 0. The second kappa shape index (κ2) is 6.70. The Labute approximate surface area is 140 Å². The number of rotatable bonds is 4. The number of benzene rings is 1. The fourth-order valence-electron chi connectivity index (χ4n) is 2.86. The van der Waals surface area contributed by atoms with E-state index in [1.165, 1.54) is 6.08 Å². The second-order valence-corrected chi connectivity index (χ2v) is 5.74. The molecular weight excluding hydrogens is 306 g/mol. The summed E-state index contributed by atoms with van der Waals surface area (Å²) in [6.07, 6.45) is 4.37. The molecule has 1 aromatic carbocycles. The molecule has 3 rings (SSSR count). The van der Waals surface area contributed by atoms with Crippen molar-refractivity contribution in [2.45, 2.75) is 25.8 Å². The smallest absolute Gasteiger partial charge is 0.247 e. The lowest BCUT2D eigenvalue weighted by Gasteiger charge is -2.22. The van der Waals surface area contributed by atoms with Crippen molar-refractivity contribution in [2.75, 3.05) is 11.9 Å². The molecule has 1 saturated heterocycles. The molecule has 124 valence electrons. The third-order valence-corrected chi connectivity index (χ3v) is 4.01. The van der Waals surface area contributed by atoms with Crippen LogP contribution in [-0.4, -0.2) is 34.3 Å². The van der Waals surface area contributed by atoms with Crippen LogP contribution in [0.25, 0.3) is 11.5 Å². The van der Waals surface area contributed by atoms with Gasteiger partial charge >= 0.3 is 0 Å². The summed E-state index contributed by atoms with van der Waals surface area (Å²) < 4.78 is 5.50. The molecule has 1 aromatic heterocycles. The van der Waals surface area contributed by atoms with Crippen molar-refractivity contribution in [3.8, 4) is 11.5 Å². The van der Waals surface area contributed by atoms with E-state index in [-0.39, 0.29) is 11.8 Å². The van der Waals surface area contributed by atoms with Crippen molar-refractivity contribution in [3.05, 3.63) is 48.9 Å². The zero-order valence-electron chi connectivity index (χ0n) is 13.5. The quantitative estimate of drug-likeness (QED) is 0.877. The minimum absolute atomic E-state index is 0.191. The number of carbonyl (C=O) groups is 2. The van der Waals surface area contributed by atoms with E-state index in [1.54, 1.807) is 23.2 Å². The predicted molar refractivity (Wildman–Crippen MR) is 90.2 cm³/mol. The van der Waals surface area contributed by atoms with E-state index in [9.17, 15) is 9.59 Å². The lowest BCUT2D eigenvalue weighted by atomic mass is 10.1. The number of hydrogen-bond donors (Lipinski definition) is 1. The van der Waals surface area contributed by atoms with Gasteiger partial charge in [-0.1, -0.05) is 12.6 Å². The second-order valence-electron chi connectivity index (χ2n) is 5.74. The highest BCUT2D eigenvalue weighted by Gasteiger charge is 2.32. The van der Waals surface area contributed by atoms with Gasteiger partial charge in [-0.05, 0) is 44.0 Å². The number of carbonyl (C=O) groups excluding carboxylic acids is 2. The normalized spacial score (nSPS) is 16.9. The first-order chi connectivity index (χ1) is 11.6. The van der Waals surface area contributed by atoms with Gasteiger partial charge in [0.1, 0.15) is 11.8 Å². The topological polar surface area (TPSA) is 75.4 Å². The van der Waals surface area contributed by atoms with Crippen molar-refractivity contribution in [1.29, 1.82) is 0 Å². The van der Waals surface area contributed by atoms with Gasteiger partial charge in [0.2, 0.25) is 17.7 Å². The van der Waals surface area contributed by atoms with Crippen LogP contribution in [0.15, 0.2) is 47.5 Å². The molecule has 0 spiro atoms. The minimum Gasteiger partial charge on any atom is -0.441 e.